The summed E-state index contributed by atoms with van der Waals surface area (Å²) in [4.78, 5) is 139. The Labute approximate surface area is 358 Å². The van der Waals surface area contributed by atoms with Crippen LogP contribution in [0.1, 0.15) is 52.8 Å². The van der Waals surface area contributed by atoms with Crippen LogP contribution in [-0.2, 0) is 43.2 Å². The number of carboxylic acids is 3. The zero-order chi connectivity index (χ0) is 46.0. The number of carbonyl (C=O) groups excluding carboxylic acids is 7. The molecule has 63 heavy (non-hydrogen) atoms. The van der Waals surface area contributed by atoms with Crippen LogP contribution in [0.4, 0.5) is 0 Å². The van der Waals surface area contributed by atoms with Gasteiger partial charge in [0.25, 0.3) is 17.7 Å². The average Bonchev–Trinajstić information content (AvgIpc) is 3.53. The number of aliphatic carboxylic acids is 2. The number of amides is 6. The predicted molar refractivity (Wildman–Crippen MR) is 216 cm³/mol. The predicted octanol–water partition coefficient (Wildman–Crippen LogP) is 0.464. The summed E-state index contributed by atoms with van der Waals surface area (Å²) in [6, 6.07) is 8.41. The van der Waals surface area contributed by atoms with E-state index in [9.17, 15) is 73.2 Å². The number of aromatic carboxylic acids is 1. The summed E-state index contributed by atoms with van der Waals surface area (Å²) < 4.78 is 5.82. The van der Waals surface area contributed by atoms with Gasteiger partial charge < -0.3 is 50.9 Å². The number of nitrogens with zero attached hydrogens (tertiary/aromatic N) is 1. The van der Waals surface area contributed by atoms with E-state index in [1.165, 1.54) is 48.5 Å². The van der Waals surface area contributed by atoms with Gasteiger partial charge in [0.05, 0.1) is 30.6 Å². The topological polar surface area (TPSA) is 342 Å². The Morgan fingerprint density at radius 2 is 1.41 bits per heavy atom. The number of phenols is 1. The molecule has 1 saturated heterocycles. The van der Waals surface area contributed by atoms with E-state index in [-0.39, 0.29) is 83.1 Å². The lowest BCUT2D eigenvalue weighted by Crippen LogP contribution is -2.55. The molecule has 2 heterocycles. The number of nitrogens with one attached hydrogen (secondary N) is 4. The number of carbonyl (C=O) groups is 10. The maximum atomic E-state index is 13.1. The average molecular weight is 892 g/mol. The molecule has 5 rings (SSSR count). The van der Waals surface area contributed by atoms with Crippen molar-refractivity contribution in [3.8, 4) is 28.2 Å². The van der Waals surface area contributed by atoms with Crippen LogP contribution in [0.5, 0.6) is 5.75 Å². The Bertz CT molecular complexity index is 2540. The second kappa shape index (κ2) is 20.6. The van der Waals surface area contributed by atoms with Crippen molar-refractivity contribution >= 4 is 82.1 Å². The van der Waals surface area contributed by atoms with E-state index >= 15 is 0 Å². The van der Waals surface area contributed by atoms with Crippen molar-refractivity contribution in [2.24, 2.45) is 0 Å². The molecular weight excluding hydrogens is 855 g/mol. The van der Waals surface area contributed by atoms with Gasteiger partial charge in [-0.1, -0.05) is 6.07 Å². The number of imide groups is 1. The molecule has 3 aliphatic rings. The van der Waals surface area contributed by atoms with Crippen LogP contribution in [0, 0.1) is 0 Å². The lowest BCUT2D eigenvalue weighted by atomic mass is 9.90. The van der Waals surface area contributed by atoms with Crippen molar-refractivity contribution in [3.05, 3.63) is 75.9 Å². The minimum atomic E-state index is -1.78. The Morgan fingerprint density at radius 3 is 2.08 bits per heavy atom. The molecule has 2 atom stereocenters. The molecule has 330 valence electrons. The van der Waals surface area contributed by atoms with Gasteiger partial charge in [-0.05, 0) is 42.0 Å². The zero-order valence-corrected chi connectivity index (χ0v) is 33.5. The highest BCUT2D eigenvalue weighted by Crippen LogP contribution is 2.42. The van der Waals surface area contributed by atoms with Gasteiger partial charge in [-0.2, -0.15) is 11.8 Å². The van der Waals surface area contributed by atoms with E-state index in [2.05, 4.69) is 21.3 Å². The number of benzene rings is 3. The van der Waals surface area contributed by atoms with Gasteiger partial charge in [-0.25, -0.2) is 9.59 Å². The number of rotatable bonds is 20. The van der Waals surface area contributed by atoms with Crippen LogP contribution in [0.25, 0.3) is 33.4 Å². The number of carboxylic acid groups (broad SMARTS) is 3. The van der Waals surface area contributed by atoms with E-state index in [0.717, 1.165) is 17.8 Å². The molecule has 8 N–H and O–H groups in total. The lowest BCUT2D eigenvalue weighted by Gasteiger charge is -2.21. The summed E-state index contributed by atoms with van der Waals surface area (Å²) in [7, 11) is 0. The molecule has 23 heteroatoms. The second-order valence-corrected chi connectivity index (χ2v) is 14.8. The molecule has 0 aromatic heterocycles. The summed E-state index contributed by atoms with van der Waals surface area (Å²) in [5.41, 5.74) is 0.253. The van der Waals surface area contributed by atoms with E-state index < -0.39 is 84.2 Å². The van der Waals surface area contributed by atoms with Crippen LogP contribution in [0.15, 0.2) is 63.8 Å². The minimum absolute atomic E-state index is 0.0328. The molecule has 0 unspecified atom stereocenters. The van der Waals surface area contributed by atoms with Gasteiger partial charge in [-0.15, -0.1) is 5.06 Å². The first kappa shape index (κ1) is 46.2. The molecule has 2 aliphatic heterocycles. The van der Waals surface area contributed by atoms with Gasteiger partial charge in [0.2, 0.25) is 17.7 Å². The fourth-order valence-electron chi connectivity index (χ4n) is 6.22. The van der Waals surface area contributed by atoms with Crippen LogP contribution < -0.4 is 26.7 Å². The molecule has 1 aliphatic carbocycles. The third-order valence-electron chi connectivity index (χ3n) is 9.09. The maximum absolute atomic E-state index is 13.1. The van der Waals surface area contributed by atoms with E-state index in [1.807, 2.05) is 0 Å². The molecule has 2 aromatic rings. The van der Waals surface area contributed by atoms with Crippen molar-refractivity contribution in [2.75, 3.05) is 24.6 Å². The van der Waals surface area contributed by atoms with Gasteiger partial charge in [0.1, 0.15) is 29.2 Å². The van der Waals surface area contributed by atoms with Crippen molar-refractivity contribution in [2.45, 2.75) is 44.2 Å². The lowest BCUT2D eigenvalue weighted by molar-refractivity contribution is -0.197. The van der Waals surface area contributed by atoms with Crippen LogP contribution in [0.3, 0.4) is 0 Å². The van der Waals surface area contributed by atoms with Gasteiger partial charge in [0.15, 0.2) is 5.43 Å². The largest absolute Gasteiger partial charge is 0.508 e. The summed E-state index contributed by atoms with van der Waals surface area (Å²) >= 11 is 0.866. The van der Waals surface area contributed by atoms with E-state index in [1.54, 1.807) is 0 Å². The molecular formula is C40H37N5O17S. The normalized spacial score (nSPS) is 13.2. The number of hydrogen-bond acceptors (Lipinski definition) is 15. The molecule has 22 nitrogen and oxygen atoms in total. The van der Waals surface area contributed by atoms with Crippen molar-refractivity contribution < 1.29 is 77.6 Å². The highest BCUT2D eigenvalue weighted by atomic mass is 32.2. The van der Waals surface area contributed by atoms with Crippen LogP contribution >= 0.6 is 11.8 Å². The summed E-state index contributed by atoms with van der Waals surface area (Å²) in [6.45, 7) is -0.605. The third-order valence-corrected chi connectivity index (χ3v) is 10.1. The second-order valence-electron chi connectivity index (χ2n) is 13.7. The Kier molecular flexibility index (Phi) is 15.1. The van der Waals surface area contributed by atoms with Gasteiger partial charge >= 0.3 is 23.9 Å². The molecule has 6 amide bonds. The molecule has 1 fully saturated rings. The first-order valence-electron chi connectivity index (χ1n) is 18.7. The van der Waals surface area contributed by atoms with Gasteiger partial charge in [-0.3, -0.25) is 43.2 Å². The Balaban J connectivity index is 1.16. The quantitative estimate of drug-likeness (QED) is 0.0339. The fraction of sp³-hybridized carbons (Fsp3) is 0.275. The summed E-state index contributed by atoms with van der Waals surface area (Å²) in [5, 5.41) is 48.8. The number of phenolic OH excluding ortho intramolecular Hbond substituents is 1. The SMILES string of the molecule is O=C(O)C[C@H](NC(=O)CSCCC(=O)ON1C(=O)CCC1=O)C(=O)N[C@@H](CC(=O)O)C(=O)NCCNC(=O)c1ccc(-c2c3ccc(=O)cc-3oc3cc(O)ccc23)c(C(=O)O)c1. The van der Waals surface area contributed by atoms with Gasteiger partial charge in [0, 0.05) is 65.9 Å². The number of hydrogen-bond donors (Lipinski definition) is 8. The molecule has 0 saturated carbocycles. The summed E-state index contributed by atoms with van der Waals surface area (Å²) in [6.07, 6.45) is -2.45. The number of thioether (sulfide) groups is 1. The number of hydroxylamine groups is 2. The van der Waals surface area contributed by atoms with Crippen molar-refractivity contribution in [3.63, 3.8) is 0 Å². The fourth-order valence-corrected chi connectivity index (χ4v) is 6.94. The molecule has 0 bridgehead atoms. The Morgan fingerprint density at radius 1 is 0.762 bits per heavy atom. The minimum Gasteiger partial charge on any atom is -0.508 e. The third kappa shape index (κ3) is 12.2. The first-order chi connectivity index (χ1) is 29.9. The maximum Gasteiger partial charge on any atom is 0.336 e. The van der Waals surface area contributed by atoms with E-state index in [4.69, 9.17) is 9.25 Å². The standard InChI is InChI=1S/C40H37N5O17S/c46-20-2-5-23-28(14-20)61-29-15-21(47)3-6-24(29)36(23)22-4-1-19(13-25(22)40(59)60)37(56)41-10-11-42-38(57)26(16-33(51)52)44-39(58)27(17-34(53)54)43-30(48)18-63-12-9-35(55)62-45-31(49)7-8-32(45)50/h1-6,13-15,26-27,46H,7-12,16-18H2,(H,41,56)(H,42,57)(H,43,48)(H,44,58)(H,51,52)(H,53,54)(H,59,60)/t26-,27-/m0/s1. The zero-order valence-electron chi connectivity index (χ0n) is 32.7. The number of fused-ring (bicyclic) bond motifs is 2. The Hall–Kier alpha value is -7.82. The van der Waals surface area contributed by atoms with Crippen LogP contribution in [0.2, 0.25) is 0 Å². The monoisotopic (exact) mass is 891 g/mol. The van der Waals surface area contributed by atoms with Crippen molar-refractivity contribution in [1.82, 2.24) is 26.3 Å². The summed E-state index contributed by atoms with van der Waals surface area (Å²) in [5.74, 6) is -11.1. The highest BCUT2D eigenvalue weighted by Gasteiger charge is 2.33. The first-order valence-corrected chi connectivity index (χ1v) is 19.9. The highest BCUT2D eigenvalue weighted by molar-refractivity contribution is 7.99. The molecule has 2 aromatic carbocycles. The van der Waals surface area contributed by atoms with Crippen LogP contribution in [-0.4, -0.2) is 121 Å². The van der Waals surface area contributed by atoms with Crippen molar-refractivity contribution in [1.29, 1.82) is 0 Å². The van der Waals surface area contributed by atoms with E-state index in [0.29, 0.717) is 21.6 Å². The molecule has 0 spiro atoms. The number of aromatic hydroxyl groups is 1. The smallest absolute Gasteiger partial charge is 0.336 e. The molecule has 0 radical (unpaired) electrons.